The second kappa shape index (κ2) is 5.55. The van der Waals surface area contributed by atoms with Crippen molar-refractivity contribution in [2.24, 2.45) is 0 Å². The first-order chi connectivity index (χ1) is 9.08. The molecule has 0 saturated carbocycles. The summed E-state index contributed by atoms with van der Waals surface area (Å²) in [4.78, 5) is 15.2. The zero-order valence-corrected chi connectivity index (χ0v) is 10.1. The summed E-state index contributed by atoms with van der Waals surface area (Å²) in [6.45, 7) is 1.89. The average Bonchev–Trinajstić information content (AvgIpc) is 2.76. The molecular formula is C12H11F2N3O2. The Morgan fingerprint density at radius 1 is 1.32 bits per heavy atom. The van der Waals surface area contributed by atoms with E-state index in [1.54, 1.807) is 6.92 Å². The normalized spacial score (nSPS) is 10.5. The fraction of sp³-hybridized carbons (Fsp3) is 0.250. The number of nitrogens with one attached hydrogen (secondary N) is 1. The van der Waals surface area contributed by atoms with Crippen molar-refractivity contribution in [1.29, 1.82) is 0 Å². The van der Waals surface area contributed by atoms with Gasteiger partial charge in [-0.15, -0.1) is 5.10 Å². The third-order valence-corrected chi connectivity index (χ3v) is 2.28. The minimum Gasteiger partial charge on any atom is -0.460 e. The number of nitrogens with zero attached hydrogens (tertiary/aromatic N) is 2. The lowest BCUT2D eigenvalue weighted by Gasteiger charge is -1.99. The minimum atomic E-state index is -0.667. The SMILES string of the molecule is CCOC(=O)c1n[nH]c(Cc2cc(F)cc(F)c2)n1. The topological polar surface area (TPSA) is 67.9 Å². The number of carbonyl (C=O) groups is 1. The summed E-state index contributed by atoms with van der Waals surface area (Å²) in [6, 6.07) is 3.17. The number of aromatic nitrogens is 3. The van der Waals surface area contributed by atoms with Crippen LogP contribution in [0.3, 0.4) is 0 Å². The van der Waals surface area contributed by atoms with E-state index in [1.165, 1.54) is 12.1 Å². The van der Waals surface area contributed by atoms with Gasteiger partial charge in [-0.25, -0.2) is 18.6 Å². The molecule has 0 unspecified atom stereocenters. The highest BCUT2D eigenvalue weighted by Crippen LogP contribution is 2.11. The average molecular weight is 267 g/mol. The van der Waals surface area contributed by atoms with Gasteiger partial charge in [-0.3, -0.25) is 5.10 Å². The van der Waals surface area contributed by atoms with Gasteiger partial charge in [0.15, 0.2) is 0 Å². The van der Waals surface area contributed by atoms with Crippen LogP contribution >= 0.6 is 0 Å². The van der Waals surface area contributed by atoms with Crippen LogP contribution in [-0.2, 0) is 11.2 Å². The molecule has 0 fully saturated rings. The second-order valence-electron chi connectivity index (χ2n) is 3.78. The van der Waals surface area contributed by atoms with Gasteiger partial charge in [0, 0.05) is 12.5 Å². The van der Waals surface area contributed by atoms with E-state index in [1.807, 2.05) is 0 Å². The van der Waals surface area contributed by atoms with E-state index in [0.717, 1.165) is 6.07 Å². The number of rotatable bonds is 4. The van der Waals surface area contributed by atoms with Gasteiger partial charge in [0.1, 0.15) is 17.5 Å². The summed E-state index contributed by atoms with van der Waals surface area (Å²) < 4.78 is 30.7. The van der Waals surface area contributed by atoms with Crippen molar-refractivity contribution in [3.8, 4) is 0 Å². The van der Waals surface area contributed by atoms with E-state index in [0.29, 0.717) is 11.4 Å². The largest absolute Gasteiger partial charge is 0.460 e. The van der Waals surface area contributed by atoms with Crippen molar-refractivity contribution >= 4 is 5.97 Å². The maximum absolute atomic E-state index is 13.0. The molecule has 1 aromatic carbocycles. The number of benzene rings is 1. The van der Waals surface area contributed by atoms with Gasteiger partial charge in [0.25, 0.3) is 5.82 Å². The molecule has 0 bridgehead atoms. The minimum absolute atomic E-state index is 0.103. The predicted molar refractivity (Wildman–Crippen MR) is 61.5 cm³/mol. The monoisotopic (exact) mass is 267 g/mol. The van der Waals surface area contributed by atoms with Crippen molar-refractivity contribution in [1.82, 2.24) is 15.2 Å². The smallest absolute Gasteiger partial charge is 0.378 e. The van der Waals surface area contributed by atoms with E-state index >= 15 is 0 Å². The molecule has 0 saturated heterocycles. The van der Waals surface area contributed by atoms with Gasteiger partial charge in [0.05, 0.1) is 6.61 Å². The van der Waals surface area contributed by atoms with Crippen LogP contribution in [0.2, 0.25) is 0 Å². The molecular weight excluding hydrogens is 256 g/mol. The summed E-state index contributed by atoms with van der Waals surface area (Å²) in [6.07, 6.45) is 0.140. The maximum Gasteiger partial charge on any atom is 0.378 e. The number of H-pyrrole nitrogens is 1. The van der Waals surface area contributed by atoms with Gasteiger partial charge in [-0.1, -0.05) is 0 Å². The van der Waals surface area contributed by atoms with Gasteiger partial charge < -0.3 is 4.74 Å². The molecule has 100 valence electrons. The lowest BCUT2D eigenvalue weighted by molar-refractivity contribution is 0.0512. The molecule has 1 heterocycles. The fourth-order valence-corrected chi connectivity index (χ4v) is 1.57. The molecule has 5 nitrogen and oxygen atoms in total. The molecule has 1 N–H and O–H groups in total. The van der Waals surface area contributed by atoms with Crippen molar-refractivity contribution in [2.75, 3.05) is 6.61 Å². The summed E-state index contributed by atoms with van der Waals surface area (Å²) in [7, 11) is 0. The van der Waals surface area contributed by atoms with Crippen LogP contribution in [0, 0.1) is 11.6 Å². The Morgan fingerprint density at radius 3 is 2.63 bits per heavy atom. The van der Waals surface area contributed by atoms with Crippen LogP contribution in [0.1, 0.15) is 28.9 Å². The molecule has 0 aliphatic heterocycles. The molecule has 7 heteroatoms. The van der Waals surface area contributed by atoms with E-state index in [9.17, 15) is 13.6 Å². The molecule has 0 aliphatic carbocycles. The Morgan fingerprint density at radius 2 is 2.00 bits per heavy atom. The summed E-state index contributed by atoms with van der Waals surface area (Å²) in [5, 5.41) is 6.20. The van der Waals surface area contributed by atoms with Gasteiger partial charge in [-0.05, 0) is 24.6 Å². The van der Waals surface area contributed by atoms with Crippen LogP contribution in [0.15, 0.2) is 18.2 Å². The highest BCUT2D eigenvalue weighted by Gasteiger charge is 2.13. The second-order valence-corrected chi connectivity index (χ2v) is 3.78. The Hall–Kier alpha value is -2.31. The standard InChI is InChI=1S/C12H11F2N3O2/c1-2-19-12(18)11-15-10(16-17-11)5-7-3-8(13)6-9(14)4-7/h3-4,6H,2,5H2,1H3,(H,15,16,17). The third-order valence-electron chi connectivity index (χ3n) is 2.28. The Bertz CT molecular complexity index is 578. The number of hydrogen-bond donors (Lipinski definition) is 1. The predicted octanol–water partition coefficient (Wildman–Crippen LogP) is 1.85. The number of esters is 1. The van der Waals surface area contributed by atoms with E-state index in [4.69, 9.17) is 4.74 Å². The van der Waals surface area contributed by atoms with Crippen LogP contribution < -0.4 is 0 Å². The zero-order chi connectivity index (χ0) is 13.8. The van der Waals surface area contributed by atoms with E-state index in [2.05, 4.69) is 15.2 Å². The lowest BCUT2D eigenvalue weighted by Crippen LogP contribution is -2.06. The Labute approximate surface area is 107 Å². The van der Waals surface area contributed by atoms with E-state index < -0.39 is 17.6 Å². The number of hydrogen-bond acceptors (Lipinski definition) is 4. The van der Waals surface area contributed by atoms with Crippen molar-refractivity contribution in [3.63, 3.8) is 0 Å². The molecule has 1 aromatic heterocycles. The van der Waals surface area contributed by atoms with Crippen molar-refractivity contribution in [3.05, 3.63) is 47.0 Å². The van der Waals surface area contributed by atoms with Crippen molar-refractivity contribution < 1.29 is 18.3 Å². The summed E-state index contributed by atoms with van der Waals surface area (Å²) in [5.41, 5.74) is 0.393. The first kappa shape index (κ1) is 13.1. The van der Waals surface area contributed by atoms with Crippen LogP contribution in [0.5, 0.6) is 0 Å². The van der Waals surface area contributed by atoms with Crippen molar-refractivity contribution in [2.45, 2.75) is 13.3 Å². The quantitative estimate of drug-likeness (QED) is 0.858. The van der Waals surface area contributed by atoms with Crippen LogP contribution in [0.4, 0.5) is 8.78 Å². The molecule has 2 aromatic rings. The lowest BCUT2D eigenvalue weighted by atomic mass is 10.1. The van der Waals surface area contributed by atoms with Gasteiger partial charge in [0.2, 0.25) is 0 Å². The Kier molecular flexibility index (Phi) is 3.84. The number of aromatic amines is 1. The molecule has 2 rings (SSSR count). The molecule has 0 spiro atoms. The number of ether oxygens (including phenoxy) is 1. The van der Waals surface area contributed by atoms with Gasteiger partial charge in [-0.2, -0.15) is 0 Å². The number of halogens is 2. The molecule has 0 atom stereocenters. The van der Waals surface area contributed by atoms with Crippen LogP contribution in [-0.4, -0.2) is 27.8 Å². The maximum atomic E-state index is 13.0. The molecule has 0 aliphatic rings. The summed E-state index contributed by atoms with van der Waals surface area (Å²) >= 11 is 0. The Balaban J connectivity index is 2.13. The fourth-order valence-electron chi connectivity index (χ4n) is 1.57. The highest BCUT2D eigenvalue weighted by atomic mass is 19.1. The van der Waals surface area contributed by atoms with E-state index in [-0.39, 0.29) is 18.9 Å². The molecule has 0 amide bonds. The van der Waals surface area contributed by atoms with Crippen LogP contribution in [0.25, 0.3) is 0 Å². The zero-order valence-electron chi connectivity index (χ0n) is 10.1. The molecule has 19 heavy (non-hydrogen) atoms. The van der Waals surface area contributed by atoms with Gasteiger partial charge >= 0.3 is 5.97 Å². The molecule has 0 radical (unpaired) electrons. The summed E-state index contributed by atoms with van der Waals surface area (Å²) in [5.74, 6) is -1.75. The number of carbonyl (C=O) groups excluding carboxylic acids is 1. The highest BCUT2D eigenvalue weighted by molar-refractivity contribution is 5.84. The first-order valence-corrected chi connectivity index (χ1v) is 5.62. The first-order valence-electron chi connectivity index (χ1n) is 5.62. The third kappa shape index (κ3) is 3.34.